The Labute approximate surface area is 160 Å². The number of rotatable bonds is 4. The molecule has 138 valence electrons. The summed E-state index contributed by atoms with van der Waals surface area (Å²) < 4.78 is 32.2. The van der Waals surface area contributed by atoms with Crippen LogP contribution in [0.3, 0.4) is 0 Å². The van der Waals surface area contributed by atoms with Crippen molar-refractivity contribution in [1.82, 2.24) is 14.2 Å². The van der Waals surface area contributed by atoms with Crippen molar-refractivity contribution >= 4 is 15.8 Å². The fraction of sp³-hybridized carbons (Fsp3) is 0. The molecule has 0 atom stereocenters. The van der Waals surface area contributed by atoms with Crippen LogP contribution in [0, 0.1) is 11.3 Å². The maximum Gasteiger partial charge on any atom is 0.321 e. The molecule has 2 heterocycles. The number of nitriles is 1. The van der Waals surface area contributed by atoms with Gasteiger partial charge in [0, 0.05) is 17.2 Å². The molecule has 28 heavy (non-hydrogen) atoms. The summed E-state index contributed by atoms with van der Waals surface area (Å²) >= 11 is 0. The summed E-state index contributed by atoms with van der Waals surface area (Å²) in [4.78, 5) is 4.00. The van der Waals surface area contributed by atoms with Gasteiger partial charge in [-0.05, 0) is 12.1 Å². The van der Waals surface area contributed by atoms with Crippen LogP contribution in [0.4, 0.5) is 5.82 Å². The Morgan fingerprint density at radius 3 is 2.21 bits per heavy atom. The van der Waals surface area contributed by atoms with E-state index in [9.17, 15) is 13.7 Å². The molecule has 0 radical (unpaired) electrons. The standard InChI is InChI=1S/C19H13N5O3S/c20-12-16-19(27-18(22-16)14-9-5-2-6-10-14)28(25,26)24-17(21)11-15(23-24)13-7-3-1-4-8-13/h1-11H,21H2. The summed E-state index contributed by atoms with van der Waals surface area (Å²) in [5.41, 5.74) is 7.14. The number of nitrogens with zero attached hydrogens (tertiary/aromatic N) is 4. The van der Waals surface area contributed by atoms with Crippen molar-refractivity contribution < 1.29 is 12.8 Å². The molecule has 4 aromatic rings. The molecule has 2 aromatic heterocycles. The number of benzene rings is 2. The van der Waals surface area contributed by atoms with Crippen molar-refractivity contribution in [1.29, 1.82) is 5.26 Å². The van der Waals surface area contributed by atoms with Crippen molar-refractivity contribution in [2.45, 2.75) is 5.09 Å². The van der Waals surface area contributed by atoms with Crippen LogP contribution >= 0.6 is 0 Å². The molecular formula is C19H13N5O3S. The average molecular weight is 391 g/mol. The van der Waals surface area contributed by atoms with E-state index >= 15 is 0 Å². The maximum absolute atomic E-state index is 13.1. The number of aromatic nitrogens is 3. The van der Waals surface area contributed by atoms with E-state index in [0.717, 1.165) is 0 Å². The number of hydrogen-bond donors (Lipinski definition) is 1. The van der Waals surface area contributed by atoms with E-state index < -0.39 is 15.1 Å². The van der Waals surface area contributed by atoms with Crippen LogP contribution in [0.25, 0.3) is 22.7 Å². The zero-order chi connectivity index (χ0) is 19.7. The molecule has 8 nitrogen and oxygen atoms in total. The molecule has 0 aliphatic heterocycles. The predicted molar refractivity (Wildman–Crippen MR) is 101 cm³/mol. The molecule has 0 unspecified atom stereocenters. The first-order chi connectivity index (χ1) is 13.5. The minimum Gasteiger partial charge on any atom is -0.421 e. The lowest BCUT2D eigenvalue weighted by Crippen LogP contribution is -2.17. The van der Waals surface area contributed by atoms with Gasteiger partial charge in [-0.2, -0.15) is 23.8 Å². The lowest BCUT2D eigenvalue weighted by Gasteiger charge is -2.03. The molecule has 0 aliphatic rings. The van der Waals surface area contributed by atoms with Crippen LogP contribution in [-0.4, -0.2) is 22.6 Å². The van der Waals surface area contributed by atoms with Gasteiger partial charge in [-0.25, -0.2) is 0 Å². The summed E-state index contributed by atoms with van der Waals surface area (Å²) in [6.45, 7) is 0. The molecule has 0 spiro atoms. The van der Waals surface area contributed by atoms with E-state index in [1.165, 1.54) is 6.07 Å². The van der Waals surface area contributed by atoms with Gasteiger partial charge >= 0.3 is 10.0 Å². The van der Waals surface area contributed by atoms with Gasteiger partial charge in [0.05, 0.1) is 5.69 Å². The molecule has 0 bridgehead atoms. The summed E-state index contributed by atoms with van der Waals surface area (Å²) in [5, 5.41) is 12.8. The SMILES string of the molecule is N#Cc1nc(-c2ccccc2)oc1S(=O)(=O)n1nc(-c2ccccc2)cc1N. The van der Waals surface area contributed by atoms with Crippen molar-refractivity contribution in [3.8, 4) is 28.8 Å². The Bertz CT molecular complexity index is 1290. The molecule has 2 N–H and O–H groups in total. The van der Waals surface area contributed by atoms with Gasteiger partial charge in [-0.3, -0.25) is 0 Å². The summed E-state index contributed by atoms with van der Waals surface area (Å²) in [5.74, 6) is -0.0925. The van der Waals surface area contributed by atoms with Gasteiger partial charge in [0.1, 0.15) is 11.9 Å². The topological polar surface area (TPSA) is 128 Å². The van der Waals surface area contributed by atoms with Gasteiger partial charge in [0.2, 0.25) is 11.6 Å². The molecule has 0 fully saturated rings. The smallest absolute Gasteiger partial charge is 0.321 e. The molecule has 4 rings (SSSR count). The molecule has 0 aliphatic carbocycles. The number of anilines is 1. The van der Waals surface area contributed by atoms with Crippen LogP contribution < -0.4 is 5.73 Å². The van der Waals surface area contributed by atoms with E-state index in [1.54, 1.807) is 60.7 Å². The minimum atomic E-state index is -4.36. The molecule has 0 saturated carbocycles. The molecule has 0 saturated heterocycles. The molecule has 0 amide bonds. The first kappa shape index (κ1) is 17.5. The van der Waals surface area contributed by atoms with Gasteiger partial charge in [-0.15, -0.1) is 4.09 Å². The summed E-state index contributed by atoms with van der Waals surface area (Å²) in [6, 6.07) is 20.9. The lowest BCUT2D eigenvalue weighted by molar-refractivity contribution is 0.452. The second kappa shape index (κ2) is 6.68. The predicted octanol–water partition coefficient (Wildman–Crippen LogP) is 2.90. The van der Waals surface area contributed by atoms with Gasteiger partial charge in [0.25, 0.3) is 5.09 Å². The summed E-state index contributed by atoms with van der Waals surface area (Å²) in [6.07, 6.45) is 0. The largest absolute Gasteiger partial charge is 0.421 e. The first-order valence-corrected chi connectivity index (χ1v) is 9.57. The monoisotopic (exact) mass is 391 g/mol. The number of oxazole rings is 1. The van der Waals surface area contributed by atoms with Crippen LogP contribution in [0.1, 0.15) is 5.69 Å². The summed E-state index contributed by atoms with van der Waals surface area (Å²) in [7, 11) is -4.36. The van der Waals surface area contributed by atoms with Crippen molar-refractivity contribution in [3.63, 3.8) is 0 Å². The van der Waals surface area contributed by atoms with E-state index in [1.807, 2.05) is 6.07 Å². The number of hydrogen-bond acceptors (Lipinski definition) is 7. The fourth-order valence-electron chi connectivity index (χ4n) is 2.66. The highest BCUT2D eigenvalue weighted by Crippen LogP contribution is 2.29. The quantitative estimate of drug-likeness (QED) is 0.566. The van der Waals surface area contributed by atoms with Gasteiger partial charge in [0.15, 0.2) is 0 Å². The zero-order valence-corrected chi connectivity index (χ0v) is 15.2. The fourth-order valence-corrected chi connectivity index (χ4v) is 3.86. The van der Waals surface area contributed by atoms with E-state index in [4.69, 9.17) is 10.2 Å². The first-order valence-electron chi connectivity index (χ1n) is 8.13. The van der Waals surface area contributed by atoms with Gasteiger partial charge < -0.3 is 10.2 Å². The van der Waals surface area contributed by atoms with E-state index in [2.05, 4.69) is 10.1 Å². The Morgan fingerprint density at radius 1 is 1.00 bits per heavy atom. The Balaban J connectivity index is 1.83. The Kier molecular flexibility index (Phi) is 4.18. The van der Waals surface area contributed by atoms with Crippen LogP contribution in [0.2, 0.25) is 0 Å². The second-order valence-electron chi connectivity index (χ2n) is 5.80. The molecule has 2 aromatic carbocycles. The van der Waals surface area contributed by atoms with Crippen LogP contribution in [0.5, 0.6) is 0 Å². The zero-order valence-electron chi connectivity index (χ0n) is 14.4. The second-order valence-corrected chi connectivity index (χ2v) is 7.47. The lowest BCUT2D eigenvalue weighted by atomic mass is 10.2. The Morgan fingerprint density at radius 2 is 1.61 bits per heavy atom. The molecule has 9 heteroatoms. The highest BCUT2D eigenvalue weighted by molar-refractivity contribution is 7.89. The van der Waals surface area contributed by atoms with Crippen molar-refractivity contribution in [3.05, 3.63) is 72.4 Å². The van der Waals surface area contributed by atoms with Crippen molar-refractivity contribution in [2.75, 3.05) is 5.73 Å². The third-order valence-electron chi connectivity index (χ3n) is 3.96. The van der Waals surface area contributed by atoms with Gasteiger partial charge in [-0.1, -0.05) is 48.5 Å². The highest BCUT2D eigenvalue weighted by atomic mass is 32.2. The third-order valence-corrected chi connectivity index (χ3v) is 5.45. The normalized spacial score (nSPS) is 11.2. The van der Waals surface area contributed by atoms with Crippen LogP contribution in [-0.2, 0) is 10.0 Å². The number of nitrogens with two attached hydrogens (primary N) is 1. The third kappa shape index (κ3) is 2.91. The van der Waals surface area contributed by atoms with Crippen LogP contribution in [0.15, 0.2) is 76.2 Å². The van der Waals surface area contributed by atoms with E-state index in [0.29, 0.717) is 20.9 Å². The van der Waals surface area contributed by atoms with Crippen molar-refractivity contribution in [2.24, 2.45) is 0 Å². The number of nitrogen functional groups attached to an aromatic ring is 1. The highest BCUT2D eigenvalue weighted by Gasteiger charge is 2.31. The minimum absolute atomic E-state index is 0.0183. The molecular weight excluding hydrogens is 378 g/mol. The van der Waals surface area contributed by atoms with E-state index in [-0.39, 0.29) is 17.4 Å². The maximum atomic E-state index is 13.1. The average Bonchev–Trinajstić information content (AvgIpc) is 3.34. The Hall–Kier alpha value is -3.90.